The monoisotopic (exact) mass is 330 g/mol. The Hall–Kier alpha value is -1.77. The zero-order valence-electron chi connectivity index (χ0n) is 14.8. The highest BCUT2D eigenvalue weighted by Gasteiger charge is 2.30. The number of ether oxygens (including phenoxy) is 2. The van der Waals surface area contributed by atoms with Gasteiger partial charge in [-0.2, -0.15) is 0 Å². The van der Waals surface area contributed by atoms with Crippen molar-refractivity contribution in [3.05, 3.63) is 35.9 Å². The topological polar surface area (TPSA) is 35.5 Å². The summed E-state index contributed by atoms with van der Waals surface area (Å²) in [5.74, 6) is 1.03. The molecule has 0 aromatic heterocycles. The largest absolute Gasteiger partial charge is 0.494 e. The molecule has 0 atom stereocenters. The molecule has 0 unspecified atom stereocenters. The quantitative estimate of drug-likeness (QED) is 0.380. The van der Waals surface area contributed by atoms with Crippen LogP contribution in [0.4, 0.5) is 0 Å². The summed E-state index contributed by atoms with van der Waals surface area (Å²) in [6.07, 6.45) is 13.5. The maximum atomic E-state index is 11.4. The van der Waals surface area contributed by atoms with Gasteiger partial charge in [-0.3, -0.25) is 4.79 Å². The Labute approximate surface area is 146 Å². The van der Waals surface area contributed by atoms with Crippen molar-refractivity contribution in [3.8, 4) is 5.75 Å². The van der Waals surface area contributed by atoms with Crippen LogP contribution in [0.25, 0.3) is 6.08 Å². The van der Waals surface area contributed by atoms with Gasteiger partial charge in [0.1, 0.15) is 12.4 Å². The van der Waals surface area contributed by atoms with Crippen LogP contribution >= 0.6 is 0 Å². The average Bonchev–Trinajstić information content (AvgIpc) is 3.44. The molecular weight excluding hydrogens is 300 g/mol. The summed E-state index contributed by atoms with van der Waals surface area (Å²) in [5.41, 5.74) is 1.09. The van der Waals surface area contributed by atoms with Gasteiger partial charge in [0.2, 0.25) is 0 Å². The van der Waals surface area contributed by atoms with E-state index < -0.39 is 0 Å². The van der Waals surface area contributed by atoms with Gasteiger partial charge < -0.3 is 9.47 Å². The lowest BCUT2D eigenvalue weighted by Gasteiger charge is -2.06. The molecule has 0 amide bonds. The van der Waals surface area contributed by atoms with Crippen LogP contribution in [0.1, 0.15) is 63.9 Å². The number of hydrogen-bond acceptors (Lipinski definition) is 3. The summed E-state index contributed by atoms with van der Waals surface area (Å²) in [7, 11) is 0. The van der Waals surface area contributed by atoms with E-state index in [0.717, 1.165) is 37.2 Å². The molecule has 1 aliphatic rings. The fourth-order valence-electron chi connectivity index (χ4n) is 2.50. The number of carbonyl (C=O) groups is 1. The third-order valence-electron chi connectivity index (χ3n) is 4.19. The third kappa shape index (κ3) is 7.67. The van der Waals surface area contributed by atoms with Crippen molar-refractivity contribution in [2.45, 2.75) is 58.3 Å². The molecular formula is C21H30O3. The Bertz CT molecular complexity index is 500. The van der Waals surface area contributed by atoms with Crippen molar-refractivity contribution in [2.75, 3.05) is 13.2 Å². The highest BCUT2D eigenvalue weighted by atomic mass is 16.5. The van der Waals surface area contributed by atoms with Crippen molar-refractivity contribution in [1.29, 1.82) is 0 Å². The second-order valence-electron chi connectivity index (χ2n) is 6.49. The minimum Gasteiger partial charge on any atom is -0.494 e. The Kier molecular flexibility index (Phi) is 8.43. The number of unbranched alkanes of at least 4 members (excludes halogenated alkanes) is 5. The standard InChI is InChI=1S/C21H30O3/c1-2-3-4-5-6-7-16-23-20-14-10-18(11-15-20)9-8-17-24-21(22)19-12-13-19/h8-11,14-15,19H,2-7,12-13,16-17H2,1H3/b9-8+. The van der Waals surface area contributed by atoms with Crippen molar-refractivity contribution in [2.24, 2.45) is 5.92 Å². The lowest BCUT2D eigenvalue weighted by molar-refractivity contribution is -0.143. The number of carbonyl (C=O) groups excluding carboxylic acids is 1. The van der Waals surface area contributed by atoms with Crippen molar-refractivity contribution >= 4 is 12.0 Å². The first kappa shape index (κ1) is 18.6. The van der Waals surface area contributed by atoms with Crippen LogP contribution in [0.5, 0.6) is 5.75 Å². The fraction of sp³-hybridized carbons (Fsp3) is 0.571. The number of hydrogen-bond donors (Lipinski definition) is 0. The van der Waals surface area contributed by atoms with Crippen LogP contribution in [-0.4, -0.2) is 19.2 Å². The van der Waals surface area contributed by atoms with Gasteiger partial charge >= 0.3 is 5.97 Å². The van der Waals surface area contributed by atoms with E-state index in [2.05, 4.69) is 6.92 Å². The van der Waals surface area contributed by atoms with Gasteiger partial charge in [-0.15, -0.1) is 0 Å². The fourth-order valence-corrected chi connectivity index (χ4v) is 2.50. The molecule has 0 radical (unpaired) electrons. The summed E-state index contributed by atoms with van der Waals surface area (Å²) >= 11 is 0. The first-order chi connectivity index (χ1) is 11.8. The van der Waals surface area contributed by atoms with Gasteiger partial charge in [-0.25, -0.2) is 0 Å². The van der Waals surface area contributed by atoms with Gasteiger partial charge in [0.15, 0.2) is 0 Å². The molecule has 1 aliphatic carbocycles. The molecule has 3 heteroatoms. The molecule has 0 aliphatic heterocycles. The van der Waals surface area contributed by atoms with Crippen molar-refractivity contribution < 1.29 is 14.3 Å². The van der Waals surface area contributed by atoms with Gasteiger partial charge in [0.25, 0.3) is 0 Å². The Balaban J connectivity index is 1.57. The summed E-state index contributed by atoms with van der Waals surface area (Å²) in [4.78, 5) is 11.4. The van der Waals surface area contributed by atoms with E-state index in [0.29, 0.717) is 6.61 Å². The second-order valence-corrected chi connectivity index (χ2v) is 6.49. The molecule has 2 rings (SSSR count). The van der Waals surface area contributed by atoms with E-state index in [-0.39, 0.29) is 11.9 Å². The Morgan fingerprint density at radius 2 is 1.79 bits per heavy atom. The maximum Gasteiger partial charge on any atom is 0.309 e. The molecule has 1 saturated carbocycles. The SMILES string of the molecule is CCCCCCCCOc1ccc(/C=C/COC(=O)C2CC2)cc1. The summed E-state index contributed by atoms with van der Waals surface area (Å²) < 4.78 is 10.9. The minimum absolute atomic E-state index is 0.0573. The first-order valence-corrected chi connectivity index (χ1v) is 9.35. The maximum absolute atomic E-state index is 11.4. The van der Waals surface area contributed by atoms with Crippen LogP contribution in [-0.2, 0) is 9.53 Å². The normalized spacial score (nSPS) is 14.0. The predicted molar refractivity (Wildman–Crippen MR) is 98.0 cm³/mol. The van der Waals surface area contributed by atoms with Gasteiger partial charge in [0, 0.05) is 0 Å². The smallest absolute Gasteiger partial charge is 0.309 e. The molecule has 0 heterocycles. The van der Waals surface area contributed by atoms with Crippen LogP contribution in [0, 0.1) is 5.92 Å². The molecule has 0 spiro atoms. The first-order valence-electron chi connectivity index (χ1n) is 9.35. The van der Waals surface area contributed by atoms with E-state index in [4.69, 9.17) is 9.47 Å². The summed E-state index contributed by atoms with van der Waals surface area (Å²) in [6, 6.07) is 8.03. The lowest BCUT2D eigenvalue weighted by Crippen LogP contribution is -2.05. The second kappa shape index (κ2) is 10.9. The molecule has 24 heavy (non-hydrogen) atoms. The Morgan fingerprint density at radius 1 is 1.08 bits per heavy atom. The molecule has 0 bridgehead atoms. The average molecular weight is 330 g/mol. The number of benzene rings is 1. The van der Waals surface area contributed by atoms with Crippen LogP contribution < -0.4 is 4.74 Å². The lowest BCUT2D eigenvalue weighted by atomic mass is 10.1. The van der Waals surface area contributed by atoms with E-state index >= 15 is 0 Å². The summed E-state index contributed by atoms with van der Waals surface area (Å²) in [6.45, 7) is 3.38. The zero-order chi connectivity index (χ0) is 17.0. The molecule has 1 aromatic rings. The summed E-state index contributed by atoms with van der Waals surface area (Å²) in [5, 5.41) is 0. The van der Waals surface area contributed by atoms with Gasteiger partial charge in [0.05, 0.1) is 12.5 Å². The van der Waals surface area contributed by atoms with Crippen molar-refractivity contribution in [3.63, 3.8) is 0 Å². The van der Waals surface area contributed by atoms with E-state index in [9.17, 15) is 4.79 Å². The predicted octanol–water partition coefficient (Wildman–Crippen LogP) is 5.39. The molecule has 132 valence electrons. The Morgan fingerprint density at radius 3 is 2.50 bits per heavy atom. The third-order valence-corrected chi connectivity index (χ3v) is 4.19. The molecule has 0 saturated heterocycles. The molecule has 1 fully saturated rings. The zero-order valence-corrected chi connectivity index (χ0v) is 14.8. The number of rotatable bonds is 12. The van der Waals surface area contributed by atoms with E-state index in [1.54, 1.807) is 0 Å². The molecule has 3 nitrogen and oxygen atoms in total. The molecule has 0 N–H and O–H groups in total. The minimum atomic E-state index is -0.0573. The highest BCUT2D eigenvalue weighted by Crippen LogP contribution is 2.29. The van der Waals surface area contributed by atoms with E-state index in [1.807, 2.05) is 36.4 Å². The van der Waals surface area contributed by atoms with Crippen LogP contribution in [0.3, 0.4) is 0 Å². The number of esters is 1. The van der Waals surface area contributed by atoms with Crippen LogP contribution in [0.15, 0.2) is 30.3 Å². The van der Waals surface area contributed by atoms with Gasteiger partial charge in [-0.1, -0.05) is 57.2 Å². The van der Waals surface area contributed by atoms with Crippen LogP contribution in [0.2, 0.25) is 0 Å². The van der Waals surface area contributed by atoms with Gasteiger partial charge in [-0.05, 0) is 43.0 Å². The van der Waals surface area contributed by atoms with Crippen molar-refractivity contribution in [1.82, 2.24) is 0 Å². The molecule has 1 aromatic carbocycles. The van der Waals surface area contributed by atoms with E-state index in [1.165, 1.54) is 32.1 Å². The highest BCUT2D eigenvalue weighted by molar-refractivity contribution is 5.75.